The maximum absolute atomic E-state index is 12.6. The number of likely N-dealkylation sites (tertiary alicyclic amines) is 1. The average Bonchev–Trinajstić information content (AvgIpc) is 3.41. The predicted molar refractivity (Wildman–Crippen MR) is 93.2 cm³/mol. The molecule has 0 aromatic carbocycles. The summed E-state index contributed by atoms with van der Waals surface area (Å²) in [5, 5.41) is 9.93. The number of nitrogens with one attached hydrogen (secondary N) is 1. The van der Waals surface area contributed by atoms with Crippen molar-refractivity contribution in [2.45, 2.75) is 63.5 Å². The van der Waals surface area contributed by atoms with Gasteiger partial charge >= 0.3 is 6.03 Å². The first-order valence-corrected chi connectivity index (χ1v) is 9.95. The molecule has 2 aromatic rings. The summed E-state index contributed by atoms with van der Waals surface area (Å²) in [6.07, 6.45) is 9.63. The molecule has 7 nitrogen and oxygen atoms in total. The van der Waals surface area contributed by atoms with Gasteiger partial charge in [0.2, 0.25) is 5.89 Å². The van der Waals surface area contributed by atoms with Crippen molar-refractivity contribution >= 4 is 17.4 Å². The van der Waals surface area contributed by atoms with Crippen LogP contribution in [0.15, 0.2) is 16.1 Å². The zero-order valence-corrected chi connectivity index (χ0v) is 15.0. The number of piperidine rings is 1. The molecule has 3 heterocycles. The number of thiazole rings is 1. The van der Waals surface area contributed by atoms with Crippen LogP contribution in [0.4, 0.5) is 4.79 Å². The minimum Gasteiger partial charge on any atom is -0.339 e. The molecule has 0 radical (unpaired) electrons. The number of nitrogens with zero attached hydrogens (tertiary/aromatic N) is 4. The largest absolute Gasteiger partial charge is 0.339 e. The van der Waals surface area contributed by atoms with Crippen LogP contribution in [0, 0.1) is 0 Å². The SMILES string of the molecule is O=C(NCc1noc(C2CCCC2)n1)N1CCCC[C@@H]1c1nccs1. The third-order valence-corrected chi connectivity index (χ3v) is 5.96. The Morgan fingerprint density at radius 1 is 1.28 bits per heavy atom. The maximum atomic E-state index is 12.6. The van der Waals surface area contributed by atoms with E-state index < -0.39 is 0 Å². The highest BCUT2D eigenvalue weighted by molar-refractivity contribution is 7.09. The molecular formula is C17H23N5O2S. The van der Waals surface area contributed by atoms with Crippen LogP contribution in [0.1, 0.15) is 73.6 Å². The van der Waals surface area contributed by atoms with Gasteiger partial charge in [0.1, 0.15) is 5.01 Å². The fraction of sp³-hybridized carbons (Fsp3) is 0.647. The second-order valence-electron chi connectivity index (χ2n) is 6.76. The lowest BCUT2D eigenvalue weighted by Crippen LogP contribution is -2.44. The van der Waals surface area contributed by atoms with Crippen LogP contribution >= 0.6 is 11.3 Å². The number of aromatic nitrogens is 3. The molecule has 0 bridgehead atoms. The van der Waals surface area contributed by atoms with Crippen LogP contribution in [-0.2, 0) is 6.54 Å². The molecule has 0 unspecified atom stereocenters. The van der Waals surface area contributed by atoms with Crippen molar-refractivity contribution in [3.63, 3.8) is 0 Å². The first-order chi connectivity index (χ1) is 12.3. The summed E-state index contributed by atoms with van der Waals surface area (Å²) in [7, 11) is 0. The number of hydrogen-bond donors (Lipinski definition) is 1. The van der Waals surface area contributed by atoms with Gasteiger partial charge in [-0.15, -0.1) is 11.3 Å². The van der Waals surface area contributed by atoms with E-state index in [1.807, 2.05) is 10.3 Å². The third-order valence-electron chi connectivity index (χ3n) is 5.09. The molecule has 2 fully saturated rings. The van der Waals surface area contributed by atoms with Gasteiger partial charge in [-0.05, 0) is 32.1 Å². The van der Waals surface area contributed by atoms with E-state index in [0.29, 0.717) is 18.3 Å². The summed E-state index contributed by atoms with van der Waals surface area (Å²) in [5.41, 5.74) is 0. The Hall–Kier alpha value is -1.96. The molecule has 2 aromatic heterocycles. The molecule has 134 valence electrons. The van der Waals surface area contributed by atoms with E-state index in [2.05, 4.69) is 20.4 Å². The molecular weight excluding hydrogens is 338 g/mol. The predicted octanol–water partition coefficient (Wildman–Crippen LogP) is 3.62. The van der Waals surface area contributed by atoms with Gasteiger partial charge in [0.25, 0.3) is 0 Å². The van der Waals surface area contributed by atoms with Gasteiger partial charge in [-0.25, -0.2) is 9.78 Å². The van der Waals surface area contributed by atoms with Crippen molar-refractivity contribution in [1.82, 2.24) is 25.3 Å². The summed E-state index contributed by atoms with van der Waals surface area (Å²) in [5.74, 6) is 1.67. The summed E-state index contributed by atoms with van der Waals surface area (Å²) < 4.78 is 5.37. The smallest absolute Gasteiger partial charge is 0.318 e. The third kappa shape index (κ3) is 3.68. The zero-order valence-electron chi connectivity index (χ0n) is 14.2. The normalized spacial score (nSPS) is 21.6. The van der Waals surface area contributed by atoms with Crippen LogP contribution in [0.2, 0.25) is 0 Å². The number of amides is 2. The Labute approximate surface area is 150 Å². The van der Waals surface area contributed by atoms with Crippen molar-refractivity contribution < 1.29 is 9.32 Å². The van der Waals surface area contributed by atoms with Crippen molar-refractivity contribution in [2.24, 2.45) is 0 Å². The van der Waals surface area contributed by atoms with Gasteiger partial charge in [0, 0.05) is 24.0 Å². The standard InChI is InChI=1S/C17H23N5O2S/c23-17(22-9-4-3-7-13(22)16-18-8-10-25-16)19-11-14-20-15(24-21-14)12-5-1-2-6-12/h8,10,12-13H,1-7,9,11H2,(H,19,23)/t13-/m1/s1. The van der Waals surface area contributed by atoms with Gasteiger partial charge in [-0.2, -0.15) is 4.98 Å². The topological polar surface area (TPSA) is 84.2 Å². The number of hydrogen-bond acceptors (Lipinski definition) is 6. The first kappa shape index (κ1) is 16.5. The highest BCUT2D eigenvalue weighted by atomic mass is 32.1. The number of urea groups is 1. The van der Waals surface area contributed by atoms with Crippen LogP contribution < -0.4 is 5.32 Å². The molecule has 8 heteroatoms. The van der Waals surface area contributed by atoms with E-state index >= 15 is 0 Å². The van der Waals surface area contributed by atoms with Crippen LogP contribution in [0.3, 0.4) is 0 Å². The van der Waals surface area contributed by atoms with Crippen molar-refractivity contribution in [3.05, 3.63) is 28.3 Å². The molecule has 2 aliphatic rings. The molecule has 2 amide bonds. The number of carbonyl (C=O) groups excluding carboxylic acids is 1. The fourth-order valence-corrected chi connectivity index (χ4v) is 4.55. The Morgan fingerprint density at radius 3 is 2.92 bits per heavy atom. The van der Waals surface area contributed by atoms with Crippen molar-refractivity contribution in [2.75, 3.05) is 6.54 Å². The lowest BCUT2D eigenvalue weighted by atomic mass is 10.0. The summed E-state index contributed by atoms with van der Waals surface area (Å²) >= 11 is 1.61. The summed E-state index contributed by atoms with van der Waals surface area (Å²) in [6.45, 7) is 1.06. The fourth-order valence-electron chi connectivity index (χ4n) is 3.76. The van der Waals surface area contributed by atoms with Gasteiger partial charge in [0.15, 0.2) is 5.82 Å². The molecule has 1 aliphatic carbocycles. The lowest BCUT2D eigenvalue weighted by Gasteiger charge is -2.34. The second-order valence-corrected chi connectivity index (χ2v) is 7.69. The minimum atomic E-state index is -0.0767. The van der Waals surface area contributed by atoms with E-state index in [0.717, 1.165) is 49.5 Å². The molecule has 1 saturated carbocycles. The van der Waals surface area contributed by atoms with Crippen LogP contribution in [0.5, 0.6) is 0 Å². The summed E-state index contributed by atoms with van der Waals surface area (Å²) in [6, 6.07) is 0.000171. The number of carbonyl (C=O) groups is 1. The molecule has 4 rings (SSSR count). The molecule has 1 N–H and O–H groups in total. The molecule has 1 saturated heterocycles. The van der Waals surface area contributed by atoms with E-state index in [1.54, 1.807) is 17.5 Å². The highest BCUT2D eigenvalue weighted by Gasteiger charge is 2.30. The van der Waals surface area contributed by atoms with Gasteiger partial charge in [0.05, 0.1) is 12.6 Å². The second kappa shape index (κ2) is 7.51. The van der Waals surface area contributed by atoms with Gasteiger partial charge in [-0.1, -0.05) is 18.0 Å². The van der Waals surface area contributed by atoms with Gasteiger partial charge in [-0.3, -0.25) is 0 Å². The maximum Gasteiger partial charge on any atom is 0.318 e. The monoisotopic (exact) mass is 361 g/mol. The average molecular weight is 361 g/mol. The Bertz CT molecular complexity index is 696. The van der Waals surface area contributed by atoms with E-state index in [4.69, 9.17) is 4.52 Å². The van der Waals surface area contributed by atoms with Crippen molar-refractivity contribution in [3.8, 4) is 0 Å². The summed E-state index contributed by atoms with van der Waals surface area (Å²) in [4.78, 5) is 23.4. The lowest BCUT2D eigenvalue weighted by molar-refractivity contribution is 0.150. The van der Waals surface area contributed by atoms with E-state index in [1.165, 1.54) is 12.8 Å². The van der Waals surface area contributed by atoms with Crippen molar-refractivity contribution in [1.29, 1.82) is 0 Å². The van der Waals surface area contributed by atoms with E-state index in [-0.39, 0.29) is 12.1 Å². The number of rotatable bonds is 4. The van der Waals surface area contributed by atoms with Crippen LogP contribution in [0.25, 0.3) is 0 Å². The Morgan fingerprint density at radius 2 is 2.12 bits per heavy atom. The molecule has 25 heavy (non-hydrogen) atoms. The molecule has 1 aliphatic heterocycles. The Balaban J connectivity index is 1.36. The zero-order chi connectivity index (χ0) is 17.1. The first-order valence-electron chi connectivity index (χ1n) is 9.07. The quantitative estimate of drug-likeness (QED) is 0.899. The Kier molecular flexibility index (Phi) is 4.96. The highest BCUT2D eigenvalue weighted by Crippen LogP contribution is 2.33. The molecule has 0 spiro atoms. The van der Waals surface area contributed by atoms with Crippen LogP contribution in [-0.4, -0.2) is 32.6 Å². The van der Waals surface area contributed by atoms with Gasteiger partial charge < -0.3 is 14.7 Å². The van der Waals surface area contributed by atoms with E-state index in [9.17, 15) is 4.79 Å². The minimum absolute atomic E-state index is 0.0767. The molecule has 1 atom stereocenters.